The average molecular weight is 356 g/mol. The fraction of sp³-hybridized carbons (Fsp3) is 0.320. The number of rotatable bonds is 2. The topological polar surface area (TPSA) is 7.12 Å². The van der Waals surface area contributed by atoms with Crippen molar-refractivity contribution in [2.24, 2.45) is 7.05 Å². The van der Waals surface area contributed by atoms with Crippen LogP contribution in [0.25, 0.3) is 23.1 Å². The SMILES string of the molecule is Cc1ccc2c(ccc(/C=C/c3cc4c5c(c3)CCCN5CCC4)[n+]2C)c1. The van der Waals surface area contributed by atoms with E-state index < -0.39 is 0 Å². The van der Waals surface area contributed by atoms with Gasteiger partial charge in [0.2, 0.25) is 11.2 Å². The van der Waals surface area contributed by atoms with Crippen LogP contribution in [0.4, 0.5) is 5.69 Å². The summed E-state index contributed by atoms with van der Waals surface area (Å²) < 4.78 is 2.29. The molecule has 0 unspecified atom stereocenters. The van der Waals surface area contributed by atoms with Gasteiger partial charge in [0.05, 0.1) is 0 Å². The molecule has 2 heteroatoms. The van der Waals surface area contributed by atoms with Gasteiger partial charge in [-0.1, -0.05) is 11.6 Å². The molecule has 2 aromatic carbocycles. The van der Waals surface area contributed by atoms with E-state index in [1.54, 1.807) is 16.8 Å². The molecule has 0 aliphatic carbocycles. The summed E-state index contributed by atoms with van der Waals surface area (Å²) in [4.78, 5) is 2.61. The Bertz CT molecular complexity index is 1030. The minimum Gasteiger partial charge on any atom is -0.371 e. The van der Waals surface area contributed by atoms with E-state index in [0.29, 0.717) is 0 Å². The lowest BCUT2D eigenvalue weighted by atomic mass is 9.90. The highest BCUT2D eigenvalue weighted by Gasteiger charge is 2.23. The summed E-state index contributed by atoms with van der Waals surface area (Å²) in [7, 11) is 2.16. The standard InChI is InChI=1S/C25H27N2/c1-18-7-12-24-20(15-18)9-11-23(26(24)2)10-8-19-16-21-5-3-13-27-14-4-6-22(17-19)25(21)27/h7-12,15-17H,3-6,13-14H2,1-2H3/q+1. The van der Waals surface area contributed by atoms with E-state index in [1.807, 2.05) is 0 Å². The molecule has 3 aromatic rings. The van der Waals surface area contributed by atoms with E-state index in [9.17, 15) is 0 Å². The summed E-state index contributed by atoms with van der Waals surface area (Å²) in [6.07, 6.45) is 9.58. The zero-order valence-electron chi connectivity index (χ0n) is 16.3. The van der Waals surface area contributed by atoms with Gasteiger partial charge in [0.1, 0.15) is 7.05 Å². The summed E-state index contributed by atoms with van der Waals surface area (Å²) in [5.74, 6) is 0. The first-order chi connectivity index (χ1) is 13.2. The maximum atomic E-state index is 2.61. The fourth-order valence-corrected chi connectivity index (χ4v) is 4.81. The van der Waals surface area contributed by atoms with Gasteiger partial charge in [0, 0.05) is 42.4 Å². The highest BCUT2D eigenvalue weighted by Crippen LogP contribution is 2.36. The number of pyridine rings is 1. The van der Waals surface area contributed by atoms with Crippen LogP contribution in [-0.4, -0.2) is 13.1 Å². The second kappa shape index (κ2) is 6.53. The van der Waals surface area contributed by atoms with E-state index in [1.165, 1.54) is 66.5 Å². The second-order valence-corrected chi connectivity index (χ2v) is 8.09. The van der Waals surface area contributed by atoms with Crippen LogP contribution >= 0.6 is 0 Å². The minimum absolute atomic E-state index is 1.23. The van der Waals surface area contributed by atoms with Crippen LogP contribution in [0.3, 0.4) is 0 Å². The van der Waals surface area contributed by atoms with Crippen molar-refractivity contribution in [3.63, 3.8) is 0 Å². The van der Waals surface area contributed by atoms with E-state index in [-0.39, 0.29) is 0 Å². The number of aromatic nitrogens is 1. The van der Waals surface area contributed by atoms with Gasteiger partial charge in [0.15, 0.2) is 0 Å². The van der Waals surface area contributed by atoms with Gasteiger partial charge in [0.25, 0.3) is 0 Å². The number of benzene rings is 2. The molecule has 0 N–H and O–H groups in total. The Morgan fingerprint density at radius 1 is 0.889 bits per heavy atom. The predicted octanol–water partition coefficient (Wildman–Crippen LogP) is 4.84. The molecule has 1 aromatic heterocycles. The Labute approximate surface area is 161 Å². The van der Waals surface area contributed by atoms with Crippen LogP contribution < -0.4 is 9.47 Å². The Morgan fingerprint density at radius 2 is 1.63 bits per heavy atom. The Kier molecular flexibility index (Phi) is 4.00. The Morgan fingerprint density at radius 3 is 2.37 bits per heavy atom. The summed E-state index contributed by atoms with van der Waals surface area (Å²) >= 11 is 0. The van der Waals surface area contributed by atoms with E-state index in [0.717, 1.165) is 0 Å². The van der Waals surface area contributed by atoms with Crippen LogP contribution in [0, 0.1) is 6.92 Å². The van der Waals surface area contributed by atoms with Crippen molar-refractivity contribution in [3.05, 3.63) is 70.4 Å². The zero-order chi connectivity index (χ0) is 18.4. The van der Waals surface area contributed by atoms with Crippen LogP contribution in [0.15, 0.2) is 42.5 Å². The molecule has 136 valence electrons. The Balaban J connectivity index is 1.52. The number of hydrogen-bond donors (Lipinski definition) is 0. The van der Waals surface area contributed by atoms with Crippen LogP contribution in [0.1, 0.15) is 40.8 Å². The van der Waals surface area contributed by atoms with E-state index in [2.05, 4.69) is 78.1 Å². The van der Waals surface area contributed by atoms with Gasteiger partial charge in [-0.3, -0.25) is 0 Å². The first kappa shape index (κ1) is 16.6. The highest BCUT2D eigenvalue weighted by molar-refractivity contribution is 5.78. The number of anilines is 1. The third-order valence-corrected chi connectivity index (χ3v) is 6.17. The number of hydrogen-bond acceptors (Lipinski definition) is 1. The average Bonchev–Trinajstić information content (AvgIpc) is 2.68. The lowest BCUT2D eigenvalue weighted by Gasteiger charge is -2.37. The first-order valence-corrected chi connectivity index (χ1v) is 10.2. The smallest absolute Gasteiger partial charge is 0.212 e. The molecule has 3 heterocycles. The lowest BCUT2D eigenvalue weighted by Crippen LogP contribution is -2.34. The van der Waals surface area contributed by atoms with Crippen LogP contribution in [0.2, 0.25) is 0 Å². The highest BCUT2D eigenvalue weighted by atomic mass is 15.1. The van der Waals surface area contributed by atoms with Crippen molar-refractivity contribution in [2.45, 2.75) is 32.6 Å². The molecule has 0 fully saturated rings. The van der Waals surface area contributed by atoms with E-state index >= 15 is 0 Å². The van der Waals surface area contributed by atoms with Crippen molar-refractivity contribution in [2.75, 3.05) is 18.0 Å². The van der Waals surface area contributed by atoms with Gasteiger partial charge in [-0.15, -0.1) is 0 Å². The van der Waals surface area contributed by atoms with Crippen molar-refractivity contribution in [3.8, 4) is 0 Å². The van der Waals surface area contributed by atoms with Crippen LogP contribution in [-0.2, 0) is 19.9 Å². The van der Waals surface area contributed by atoms with Gasteiger partial charge in [-0.2, -0.15) is 4.57 Å². The minimum atomic E-state index is 1.23. The number of aryl methyl sites for hydroxylation is 4. The maximum Gasteiger partial charge on any atom is 0.212 e. The molecule has 5 rings (SSSR count). The molecule has 2 nitrogen and oxygen atoms in total. The quantitative estimate of drug-likeness (QED) is 0.597. The molecule has 27 heavy (non-hydrogen) atoms. The largest absolute Gasteiger partial charge is 0.371 e. The molecule has 2 aliphatic heterocycles. The zero-order valence-corrected chi connectivity index (χ0v) is 16.3. The van der Waals surface area contributed by atoms with Gasteiger partial charge < -0.3 is 4.90 Å². The first-order valence-electron chi connectivity index (χ1n) is 10.2. The van der Waals surface area contributed by atoms with Crippen molar-refractivity contribution < 1.29 is 4.57 Å². The molecule has 2 aliphatic rings. The summed E-state index contributed by atoms with van der Waals surface area (Å²) in [5.41, 5.74) is 9.82. The van der Waals surface area contributed by atoms with Crippen molar-refractivity contribution in [1.29, 1.82) is 0 Å². The molecule has 0 spiro atoms. The Hall–Kier alpha value is -2.61. The fourth-order valence-electron chi connectivity index (χ4n) is 4.81. The predicted molar refractivity (Wildman–Crippen MR) is 114 cm³/mol. The second-order valence-electron chi connectivity index (χ2n) is 8.09. The normalized spacial score (nSPS) is 16.1. The third kappa shape index (κ3) is 2.93. The van der Waals surface area contributed by atoms with Gasteiger partial charge in [-0.25, -0.2) is 0 Å². The molecule has 0 amide bonds. The number of nitrogens with zero attached hydrogens (tertiary/aromatic N) is 2. The summed E-state index contributed by atoms with van der Waals surface area (Å²) in [6, 6.07) is 16.0. The lowest BCUT2D eigenvalue weighted by molar-refractivity contribution is -0.646. The molecule has 0 saturated carbocycles. The maximum absolute atomic E-state index is 2.61. The van der Waals surface area contributed by atoms with Gasteiger partial charge in [-0.05, 0) is 79.6 Å². The van der Waals surface area contributed by atoms with Crippen molar-refractivity contribution >= 4 is 28.7 Å². The third-order valence-electron chi connectivity index (χ3n) is 6.17. The van der Waals surface area contributed by atoms with E-state index in [4.69, 9.17) is 0 Å². The monoisotopic (exact) mass is 355 g/mol. The molecule has 0 atom stereocenters. The van der Waals surface area contributed by atoms with Gasteiger partial charge >= 0.3 is 0 Å². The molecule has 0 radical (unpaired) electrons. The molecular weight excluding hydrogens is 328 g/mol. The van der Waals surface area contributed by atoms with Crippen molar-refractivity contribution in [1.82, 2.24) is 0 Å². The summed E-state index contributed by atoms with van der Waals surface area (Å²) in [5, 5.41) is 1.30. The summed E-state index contributed by atoms with van der Waals surface area (Å²) in [6.45, 7) is 4.63. The molecular formula is C25H27N2+. The molecule has 0 bridgehead atoms. The van der Waals surface area contributed by atoms with Crippen LogP contribution in [0.5, 0.6) is 0 Å². The number of fused-ring (bicyclic) bond motifs is 1. The molecule has 0 saturated heterocycles.